The average Bonchev–Trinajstić information content (AvgIpc) is 2.42. The maximum atomic E-state index is 6.11. The number of aryl methyl sites for hydroxylation is 2. The monoisotopic (exact) mass is 278 g/mol. The number of para-hydroxylation sites is 1. The molecular weight excluding hydrogens is 252 g/mol. The van der Waals surface area contributed by atoms with Crippen molar-refractivity contribution in [1.29, 1.82) is 0 Å². The second kappa shape index (κ2) is 4.74. The van der Waals surface area contributed by atoms with Crippen molar-refractivity contribution in [2.75, 3.05) is 6.61 Å². The molecule has 1 heterocycles. The van der Waals surface area contributed by atoms with E-state index in [1.54, 1.807) is 0 Å². The van der Waals surface area contributed by atoms with E-state index in [2.05, 4.69) is 53.7 Å². The van der Waals surface area contributed by atoms with Crippen molar-refractivity contribution in [1.82, 2.24) is 0 Å². The van der Waals surface area contributed by atoms with Crippen molar-refractivity contribution in [3.05, 3.63) is 29.3 Å². The molecule has 0 bridgehead atoms. The third-order valence-corrected chi connectivity index (χ3v) is 4.28. The van der Waals surface area contributed by atoms with Gasteiger partial charge in [0.2, 0.25) is 5.79 Å². The normalized spacial score (nSPS) is 22.8. The first-order chi connectivity index (χ1) is 9.06. The Morgan fingerprint density at radius 1 is 0.900 bits per heavy atom. The fourth-order valence-corrected chi connectivity index (χ4v) is 2.64. The Morgan fingerprint density at radius 3 is 1.80 bits per heavy atom. The van der Waals surface area contributed by atoms with Crippen molar-refractivity contribution in [2.24, 2.45) is 0 Å². The van der Waals surface area contributed by atoms with Gasteiger partial charge in [0.05, 0.1) is 11.2 Å². The van der Waals surface area contributed by atoms with Gasteiger partial charge in [-0.25, -0.2) is 0 Å². The summed E-state index contributed by atoms with van der Waals surface area (Å²) in [5.41, 5.74) is 1.58. The van der Waals surface area contributed by atoms with E-state index in [0.29, 0.717) is 6.61 Å². The first-order valence-corrected chi connectivity index (χ1v) is 7.16. The molecule has 2 rings (SSSR count). The minimum Gasteiger partial charge on any atom is -0.487 e. The molecule has 1 aliphatic rings. The first kappa shape index (κ1) is 15.3. The minimum absolute atomic E-state index is 0.341. The molecule has 1 saturated heterocycles. The highest BCUT2D eigenvalue weighted by atomic mass is 16.8. The van der Waals surface area contributed by atoms with Gasteiger partial charge in [0.15, 0.2) is 0 Å². The van der Waals surface area contributed by atoms with E-state index in [1.807, 2.05) is 13.0 Å². The highest BCUT2D eigenvalue weighted by Gasteiger charge is 2.55. The number of hydrogen-bond acceptors (Lipinski definition) is 3. The Hall–Kier alpha value is -1.06. The smallest absolute Gasteiger partial charge is 0.201 e. The third-order valence-electron chi connectivity index (χ3n) is 4.28. The molecule has 1 fully saturated rings. The highest BCUT2D eigenvalue weighted by molar-refractivity contribution is 5.39. The van der Waals surface area contributed by atoms with Crippen LogP contribution in [-0.2, 0) is 9.47 Å². The van der Waals surface area contributed by atoms with Crippen LogP contribution in [0.15, 0.2) is 18.2 Å². The molecule has 3 nitrogen and oxygen atoms in total. The molecule has 0 aromatic heterocycles. The average molecular weight is 278 g/mol. The van der Waals surface area contributed by atoms with E-state index in [0.717, 1.165) is 16.9 Å². The molecule has 0 aliphatic carbocycles. The van der Waals surface area contributed by atoms with Gasteiger partial charge in [-0.15, -0.1) is 0 Å². The quantitative estimate of drug-likeness (QED) is 0.836. The Kier molecular flexibility index (Phi) is 3.64. The lowest BCUT2D eigenvalue weighted by molar-refractivity contribution is -0.195. The van der Waals surface area contributed by atoms with Gasteiger partial charge in [-0.1, -0.05) is 18.2 Å². The minimum atomic E-state index is -0.721. The zero-order valence-electron chi connectivity index (χ0n) is 13.7. The summed E-state index contributed by atoms with van der Waals surface area (Å²) >= 11 is 0. The highest BCUT2D eigenvalue weighted by Crippen LogP contribution is 2.43. The summed E-state index contributed by atoms with van der Waals surface area (Å²) in [5.74, 6) is 0.199. The molecule has 0 spiro atoms. The van der Waals surface area contributed by atoms with E-state index in [9.17, 15) is 0 Å². The van der Waals surface area contributed by atoms with Crippen molar-refractivity contribution in [3.63, 3.8) is 0 Å². The maximum Gasteiger partial charge on any atom is 0.201 e. The van der Waals surface area contributed by atoms with Crippen LogP contribution in [0.5, 0.6) is 5.75 Å². The van der Waals surface area contributed by atoms with Gasteiger partial charge in [-0.2, -0.15) is 0 Å². The predicted octanol–water partition coefficient (Wildman–Crippen LogP) is 4.00. The molecule has 0 amide bonds. The summed E-state index contributed by atoms with van der Waals surface area (Å²) in [5, 5.41) is 0. The van der Waals surface area contributed by atoms with Crippen LogP contribution in [0.2, 0.25) is 0 Å². The van der Waals surface area contributed by atoms with E-state index in [4.69, 9.17) is 14.2 Å². The van der Waals surface area contributed by atoms with Crippen LogP contribution in [0, 0.1) is 13.8 Å². The Balaban J connectivity index is 2.12. The lowest BCUT2D eigenvalue weighted by atomic mass is 9.90. The van der Waals surface area contributed by atoms with Crippen molar-refractivity contribution < 1.29 is 14.2 Å². The first-order valence-electron chi connectivity index (χ1n) is 7.16. The maximum absolute atomic E-state index is 6.11. The third kappa shape index (κ3) is 2.70. The fraction of sp³-hybridized carbons (Fsp3) is 0.647. The molecule has 0 saturated carbocycles. The summed E-state index contributed by atoms with van der Waals surface area (Å²) < 4.78 is 18.2. The van der Waals surface area contributed by atoms with E-state index in [1.165, 1.54) is 0 Å². The Labute approximate surface area is 122 Å². The molecule has 20 heavy (non-hydrogen) atoms. The molecular formula is C17H26O3. The van der Waals surface area contributed by atoms with Crippen LogP contribution in [0.4, 0.5) is 0 Å². The molecule has 0 atom stereocenters. The number of rotatable bonds is 3. The number of hydrogen-bond donors (Lipinski definition) is 0. The van der Waals surface area contributed by atoms with Gasteiger partial charge in [-0.3, -0.25) is 0 Å². The van der Waals surface area contributed by atoms with Gasteiger partial charge >= 0.3 is 0 Å². The lowest BCUT2D eigenvalue weighted by Crippen LogP contribution is -2.41. The largest absolute Gasteiger partial charge is 0.487 e. The van der Waals surface area contributed by atoms with Crippen LogP contribution >= 0.6 is 0 Å². The SMILES string of the molecule is Cc1cccc(C)c1OCC1(C)OC(C)(C)C(C)(C)O1. The van der Waals surface area contributed by atoms with Crippen molar-refractivity contribution in [3.8, 4) is 5.75 Å². The van der Waals surface area contributed by atoms with Crippen molar-refractivity contribution >= 4 is 0 Å². The summed E-state index contributed by atoms with van der Waals surface area (Å²) in [4.78, 5) is 0. The van der Waals surface area contributed by atoms with Gasteiger partial charge in [0.25, 0.3) is 0 Å². The van der Waals surface area contributed by atoms with E-state index >= 15 is 0 Å². The molecule has 3 heteroatoms. The summed E-state index contributed by atoms with van der Waals surface area (Å²) in [6, 6.07) is 6.14. The Bertz CT molecular complexity index is 467. The Morgan fingerprint density at radius 2 is 1.35 bits per heavy atom. The molecule has 1 aromatic carbocycles. The molecule has 112 valence electrons. The standard InChI is InChI=1S/C17H26O3/c1-12-9-8-10-13(2)14(12)18-11-17(7)19-15(3,4)16(5,6)20-17/h8-10H,11H2,1-7H3. The second-order valence-electron chi connectivity index (χ2n) is 6.87. The predicted molar refractivity (Wildman–Crippen MR) is 80.1 cm³/mol. The fourth-order valence-electron chi connectivity index (χ4n) is 2.64. The molecule has 1 aromatic rings. The van der Waals surface area contributed by atoms with Gasteiger partial charge in [0, 0.05) is 0 Å². The van der Waals surface area contributed by atoms with Crippen LogP contribution in [0.1, 0.15) is 45.7 Å². The lowest BCUT2D eigenvalue weighted by Gasteiger charge is -2.30. The van der Waals surface area contributed by atoms with Crippen LogP contribution < -0.4 is 4.74 Å². The van der Waals surface area contributed by atoms with E-state index in [-0.39, 0.29) is 11.2 Å². The molecule has 0 N–H and O–H groups in total. The summed E-state index contributed by atoms with van der Waals surface area (Å²) in [6.45, 7) is 14.6. The van der Waals surface area contributed by atoms with Crippen molar-refractivity contribution in [2.45, 2.75) is 65.5 Å². The number of ether oxygens (including phenoxy) is 3. The molecule has 0 radical (unpaired) electrons. The van der Waals surface area contributed by atoms with Gasteiger partial charge in [-0.05, 0) is 59.6 Å². The van der Waals surface area contributed by atoms with Gasteiger partial charge in [0.1, 0.15) is 12.4 Å². The summed E-state index contributed by atoms with van der Waals surface area (Å²) in [7, 11) is 0. The zero-order chi connectivity index (χ0) is 15.2. The topological polar surface area (TPSA) is 27.7 Å². The molecule has 0 unspecified atom stereocenters. The van der Waals surface area contributed by atoms with E-state index < -0.39 is 5.79 Å². The van der Waals surface area contributed by atoms with Crippen LogP contribution in [0.3, 0.4) is 0 Å². The van der Waals surface area contributed by atoms with Crippen LogP contribution in [0.25, 0.3) is 0 Å². The number of benzene rings is 1. The van der Waals surface area contributed by atoms with Gasteiger partial charge < -0.3 is 14.2 Å². The van der Waals surface area contributed by atoms with Crippen LogP contribution in [-0.4, -0.2) is 23.6 Å². The summed E-state index contributed by atoms with van der Waals surface area (Å²) in [6.07, 6.45) is 0. The second-order valence-corrected chi connectivity index (χ2v) is 6.87. The zero-order valence-corrected chi connectivity index (χ0v) is 13.7. The molecule has 1 aliphatic heterocycles.